The average molecular weight is 421 g/mol. The van der Waals surface area contributed by atoms with Gasteiger partial charge >= 0.3 is 0 Å². The van der Waals surface area contributed by atoms with Crippen molar-refractivity contribution in [1.29, 1.82) is 0 Å². The fourth-order valence-corrected chi connectivity index (χ4v) is 5.29. The van der Waals surface area contributed by atoms with Gasteiger partial charge in [-0.1, -0.05) is 18.2 Å². The molecule has 3 aromatic rings. The summed E-state index contributed by atoms with van der Waals surface area (Å²) >= 11 is 1.26. The Hall–Kier alpha value is -2.01. The van der Waals surface area contributed by atoms with Gasteiger partial charge in [-0.25, -0.2) is 18.4 Å². The molecule has 0 spiro atoms. The molecule has 28 heavy (non-hydrogen) atoms. The van der Waals surface area contributed by atoms with Crippen LogP contribution < -0.4 is 5.73 Å². The van der Waals surface area contributed by atoms with E-state index in [0.717, 1.165) is 6.54 Å². The third kappa shape index (κ3) is 3.90. The Kier molecular flexibility index (Phi) is 6.04. The van der Waals surface area contributed by atoms with Crippen LogP contribution in [0.3, 0.4) is 0 Å². The van der Waals surface area contributed by atoms with E-state index >= 15 is 0 Å². The zero-order valence-corrected chi connectivity index (χ0v) is 18.0. The molecule has 2 N–H and O–H groups in total. The van der Waals surface area contributed by atoms with Gasteiger partial charge < -0.3 is 10.6 Å². The number of fused-ring (bicyclic) bond motifs is 1. The van der Waals surface area contributed by atoms with Gasteiger partial charge in [-0.2, -0.15) is 9.61 Å². The summed E-state index contributed by atoms with van der Waals surface area (Å²) in [4.78, 5) is 11.2. The van der Waals surface area contributed by atoms with Crippen LogP contribution in [-0.2, 0) is 9.84 Å². The Balaban J connectivity index is 2.22. The number of rotatable bonds is 7. The van der Waals surface area contributed by atoms with Crippen molar-refractivity contribution in [3.8, 4) is 0 Å². The van der Waals surface area contributed by atoms with Gasteiger partial charge in [0.05, 0.1) is 10.9 Å². The summed E-state index contributed by atoms with van der Waals surface area (Å²) in [5.74, 6) is 0.967. The molecule has 3 rings (SSSR count). The van der Waals surface area contributed by atoms with Crippen LogP contribution in [0.1, 0.15) is 24.1 Å². The first-order valence-corrected chi connectivity index (χ1v) is 11.5. The highest BCUT2D eigenvalue weighted by Crippen LogP contribution is 2.33. The van der Waals surface area contributed by atoms with Crippen LogP contribution >= 0.6 is 11.8 Å². The van der Waals surface area contributed by atoms with Gasteiger partial charge in [0.15, 0.2) is 16.4 Å². The minimum atomic E-state index is -3.79. The van der Waals surface area contributed by atoms with Crippen LogP contribution in [0.4, 0.5) is 0 Å². The van der Waals surface area contributed by atoms with Crippen LogP contribution in [0.15, 0.2) is 45.1 Å². The van der Waals surface area contributed by atoms with E-state index in [2.05, 4.69) is 15.1 Å². The van der Waals surface area contributed by atoms with Crippen LogP contribution in [0.25, 0.3) is 5.65 Å². The van der Waals surface area contributed by atoms with Crippen molar-refractivity contribution in [2.24, 2.45) is 5.73 Å². The third-order valence-corrected chi connectivity index (χ3v) is 6.89. The highest BCUT2D eigenvalue weighted by atomic mass is 32.2. The molecule has 10 heteroatoms. The summed E-state index contributed by atoms with van der Waals surface area (Å²) in [5, 5.41) is 4.87. The fraction of sp³-hybridized carbons (Fsp3) is 0.389. The maximum absolute atomic E-state index is 13.3. The molecule has 0 bridgehead atoms. The molecular formula is C18H24N6O2S2. The summed E-state index contributed by atoms with van der Waals surface area (Å²) in [6.45, 7) is 2.50. The van der Waals surface area contributed by atoms with Crippen LogP contribution in [0.5, 0.6) is 0 Å². The van der Waals surface area contributed by atoms with E-state index in [1.165, 1.54) is 16.3 Å². The van der Waals surface area contributed by atoms with Crippen LogP contribution in [0, 0.1) is 6.92 Å². The van der Waals surface area contributed by atoms with E-state index in [1.807, 2.05) is 19.0 Å². The minimum Gasteiger partial charge on any atom is -0.321 e. The number of sulfone groups is 1. The van der Waals surface area contributed by atoms with Gasteiger partial charge in [0.1, 0.15) is 10.9 Å². The normalized spacial score (nSPS) is 13.4. The fourth-order valence-electron chi connectivity index (χ4n) is 2.88. The first-order valence-electron chi connectivity index (χ1n) is 8.77. The number of hydrogen-bond acceptors (Lipinski definition) is 8. The first-order chi connectivity index (χ1) is 13.3. The average Bonchev–Trinajstić information content (AvgIpc) is 3.05. The molecule has 1 atom stereocenters. The Labute approximate surface area is 169 Å². The molecular weight excluding hydrogens is 396 g/mol. The molecule has 0 saturated carbocycles. The second-order valence-corrected chi connectivity index (χ2v) is 9.40. The van der Waals surface area contributed by atoms with Crippen LogP contribution in [0.2, 0.25) is 0 Å². The third-order valence-electron chi connectivity index (χ3n) is 4.28. The first kappa shape index (κ1) is 20.7. The number of aromatic nitrogens is 4. The van der Waals surface area contributed by atoms with Crippen LogP contribution in [-0.4, -0.2) is 59.8 Å². The molecule has 1 unspecified atom stereocenters. The number of aryl methyl sites for hydroxylation is 1. The molecule has 150 valence electrons. The van der Waals surface area contributed by atoms with Crippen molar-refractivity contribution in [3.63, 3.8) is 0 Å². The molecule has 0 aliphatic carbocycles. The Morgan fingerprint density at radius 1 is 1.21 bits per heavy atom. The molecule has 0 fully saturated rings. The molecule has 0 aliphatic rings. The highest BCUT2D eigenvalue weighted by Gasteiger charge is 2.30. The van der Waals surface area contributed by atoms with E-state index in [4.69, 9.17) is 5.73 Å². The molecule has 0 radical (unpaired) electrons. The number of hydrogen-bond donors (Lipinski definition) is 1. The van der Waals surface area contributed by atoms with Gasteiger partial charge in [0.25, 0.3) is 0 Å². The lowest BCUT2D eigenvalue weighted by atomic mass is 10.2. The summed E-state index contributed by atoms with van der Waals surface area (Å²) in [6.07, 6.45) is 2.45. The largest absolute Gasteiger partial charge is 0.321 e. The minimum absolute atomic E-state index is 0.0951. The smallest absolute Gasteiger partial charge is 0.213 e. The topological polar surface area (TPSA) is 106 Å². The Morgan fingerprint density at radius 3 is 2.50 bits per heavy atom. The second-order valence-electron chi connectivity index (χ2n) is 6.72. The SMILES string of the molecule is CSc1nn2c(C(N)CCN(C)C)nc(C)nc2c1S(=O)(=O)c1ccccc1. The predicted molar refractivity (Wildman–Crippen MR) is 109 cm³/mol. The zero-order valence-electron chi connectivity index (χ0n) is 16.3. The van der Waals surface area contributed by atoms with E-state index in [1.54, 1.807) is 43.5 Å². The quantitative estimate of drug-likeness (QED) is 0.578. The van der Waals surface area contributed by atoms with Gasteiger partial charge in [-0.05, 0) is 52.4 Å². The second kappa shape index (κ2) is 8.16. The lowest BCUT2D eigenvalue weighted by Gasteiger charge is -2.15. The summed E-state index contributed by atoms with van der Waals surface area (Å²) in [6, 6.07) is 7.91. The highest BCUT2D eigenvalue weighted by molar-refractivity contribution is 7.99. The molecule has 0 aliphatic heterocycles. The zero-order chi connectivity index (χ0) is 20.5. The van der Waals surface area contributed by atoms with Gasteiger partial charge in [0.2, 0.25) is 9.84 Å². The van der Waals surface area contributed by atoms with Crippen molar-refractivity contribution >= 4 is 27.2 Å². The van der Waals surface area contributed by atoms with Gasteiger partial charge in [-0.3, -0.25) is 0 Å². The predicted octanol–water partition coefficient (Wildman–Crippen LogP) is 1.94. The molecule has 1 aromatic carbocycles. The van der Waals surface area contributed by atoms with Crippen molar-refractivity contribution < 1.29 is 8.42 Å². The number of benzene rings is 1. The summed E-state index contributed by atoms with van der Waals surface area (Å²) < 4.78 is 28.1. The van der Waals surface area contributed by atoms with Crippen molar-refractivity contribution in [3.05, 3.63) is 42.0 Å². The molecule has 8 nitrogen and oxygen atoms in total. The lowest BCUT2D eigenvalue weighted by molar-refractivity contribution is 0.376. The molecule has 2 aromatic heterocycles. The summed E-state index contributed by atoms with van der Waals surface area (Å²) in [5.41, 5.74) is 6.63. The number of thioether (sulfide) groups is 1. The van der Waals surface area contributed by atoms with E-state index < -0.39 is 15.9 Å². The monoisotopic (exact) mass is 420 g/mol. The maximum Gasteiger partial charge on any atom is 0.213 e. The maximum atomic E-state index is 13.3. The van der Waals surface area contributed by atoms with E-state index in [-0.39, 0.29) is 15.4 Å². The Morgan fingerprint density at radius 2 is 1.89 bits per heavy atom. The molecule has 2 heterocycles. The number of nitrogens with two attached hydrogens (primary N) is 1. The van der Waals surface area contributed by atoms with Gasteiger partial charge in [-0.15, -0.1) is 11.8 Å². The van der Waals surface area contributed by atoms with Crippen molar-refractivity contribution in [1.82, 2.24) is 24.5 Å². The molecule has 0 saturated heterocycles. The van der Waals surface area contributed by atoms with Crippen molar-refractivity contribution in [2.75, 3.05) is 26.9 Å². The molecule has 0 amide bonds. The lowest BCUT2D eigenvalue weighted by Crippen LogP contribution is -2.23. The standard InChI is InChI=1S/C18H24N6O2S2/c1-12-20-16(14(19)10-11-23(2)3)24-17(21-12)15(18(22-24)27-4)28(25,26)13-8-6-5-7-9-13/h5-9,14H,10-11,19H2,1-4H3. The van der Waals surface area contributed by atoms with E-state index in [0.29, 0.717) is 23.1 Å². The van der Waals surface area contributed by atoms with E-state index in [9.17, 15) is 8.42 Å². The number of nitrogens with zero attached hydrogens (tertiary/aromatic N) is 5. The Bertz CT molecular complexity index is 1080. The van der Waals surface area contributed by atoms with Crippen molar-refractivity contribution in [2.45, 2.75) is 34.2 Å². The summed E-state index contributed by atoms with van der Waals surface area (Å²) in [7, 11) is 0.147. The van der Waals surface area contributed by atoms with Gasteiger partial charge in [0, 0.05) is 0 Å².